The Morgan fingerprint density at radius 2 is 1.89 bits per heavy atom. The van der Waals surface area contributed by atoms with Crippen molar-refractivity contribution in [2.45, 2.75) is 25.2 Å². The highest BCUT2D eigenvalue weighted by Crippen LogP contribution is 2.24. The zero-order chi connectivity index (χ0) is 20.7. The molecule has 2 aromatic carbocycles. The van der Waals surface area contributed by atoms with Crippen molar-refractivity contribution in [3.63, 3.8) is 0 Å². The molecule has 0 aliphatic carbocycles. The van der Waals surface area contributed by atoms with Crippen LogP contribution in [0.15, 0.2) is 41.3 Å². The third-order valence-electron chi connectivity index (χ3n) is 3.85. The highest BCUT2D eigenvalue weighted by molar-refractivity contribution is 7.89. The maximum atomic E-state index is 13.0. The van der Waals surface area contributed by atoms with E-state index >= 15 is 0 Å². The highest BCUT2D eigenvalue weighted by atomic mass is 35.5. The summed E-state index contributed by atoms with van der Waals surface area (Å²) in [6.07, 6.45) is 0.0530. The Labute approximate surface area is 169 Å². The van der Waals surface area contributed by atoms with E-state index in [0.717, 1.165) is 11.6 Å². The van der Waals surface area contributed by atoms with E-state index in [0.29, 0.717) is 5.56 Å². The fraction of sp³-hybridized carbons (Fsp3) is 0.316. The van der Waals surface area contributed by atoms with E-state index < -0.39 is 15.8 Å². The van der Waals surface area contributed by atoms with Crippen LogP contribution >= 0.6 is 11.6 Å². The molecule has 0 spiro atoms. The molecule has 0 fully saturated rings. The van der Waals surface area contributed by atoms with Gasteiger partial charge < -0.3 is 10.1 Å². The maximum Gasteiger partial charge on any atom is 0.240 e. The van der Waals surface area contributed by atoms with E-state index in [1.165, 1.54) is 12.1 Å². The lowest BCUT2D eigenvalue weighted by Gasteiger charge is -2.11. The standard InChI is InChI=1S/C19H22ClFN2O4S/c1-13-3-4-14(2)18(11-13)28(25,26)23-9-8-22-19(24)7-10-27-17-6-5-15(21)12-16(17)20/h3-6,11-12,23H,7-10H2,1-2H3,(H,22,24). The molecule has 0 saturated carbocycles. The second-order valence-electron chi connectivity index (χ2n) is 6.19. The van der Waals surface area contributed by atoms with Gasteiger partial charge in [-0.25, -0.2) is 17.5 Å². The van der Waals surface area contributed by atoms with Gasteiger partial charge in [0.25, 0.3) is 0 Å². The number of nitrogens with one attached hydrogen (secondary N) is 2. The van der Waals surface area contributed by atoms with Crippen LogP contribution in [-0.4, -0.2) is 34.0 Å². The van der Waals surface area contributed by atoms with Crippen LogP contribution in [0.2, 0.25) is 5.02 Å². The van der Waals surface area contributed by atoms with Crippen LogP contribution in [0.25, 0.3) is 0 Å². The number of hydrogen-bond acceptors (Lipinski definition) is 4. The SMILES string of the molecule is Cc1ccc(C)c(S(=O)(=O)NCCNC(=O)CCOc2ccc(F)cc2Cl)c1. The van der Waals surface area contributed by atoms with Gasteiger partial charge in [0.15, 0.2) is 0 Å². The molecular weight excluding hydrogens is 407 g/mol. The molecule has 0 radical (unpaired) electrons. The minimum absolute atomic E-state index is 0.0530. The van der Waals surface area contributed by atoms with Gasteiger partial charge in [0.1, 0.15) is 11.6 Å². The Kier molecular flexibility index (Phi) is 7.79. The van der Waals surface area contributed by atoms with Crippen molar-refractivity contribution >= 4 is 27.5 Å². The molecule has 6 nitrogen and oxygen atoms in total. The monoisotopic (exact) mass is 428 g/mol. The van der Waals surface area contributed by atoms with Crippen LogP contribution in [0.3, 0.4) is 0 Å². The van der Waals surface area contributed by atoms with Crippen molar-refractivity contribution < 1.29 is 22.3 Å². The van der Waals surface area contributed by atoms with Gasteiger partial charge in [0.05, 0.1) is 22.9 Å². The molecule has 9 heteroatoms. The van der Waals surface area contributed by atoms with Crippen molar-refractivity contribution in [1.29, 1.82) is 0 Å². The van der Waals surface area contributed by atoms with Crippen LogP contribution in [0, 0.1) is 19.7 Å². The van der Waals surface area contributed by atoms with E-state index in [1.54, 1.807) is 19.1 Å². The molecule has 0 bridgehead atoms. The zero-order valence-electron chi connectivity index (χ0n) is 15.6. The summed E-state index contributed by atoms with van der Waals surface area (Å²) in [7, 11) is -3.64. The van der Waals surface area contributed by atoms with Crippen molar-refractivity contribution in [2.75, 3.05) is 19.7 Å². The zero-order valence-corrected chi connectivity index (χ0v) is 17.2. The van der Waals surface area contributed by atoms with Crippen LogP contribution in [0.1, 0.15) is 17.5 Å². The Balaban J connectivity index is 1.72. The Morgan fingerprint density at radius 1 is 1.14 bits per heavy atom. The molecule has 1 amide bonds. The normalized spacial score (nSPS) is 11.3. The lowest BCUT2D eigenvalue weighted by atomic mass is 10.2. The number of hydrogen-bond donors (Lipinski definition) is 2. The summed E-state index contributed by atoms with van der Waals surface area (Å²) in [6.45, 7) is 3.81. The molecule has 0 aliphatic heterocycles. The lowest BCUT2D eigenvalue weighted by Crippen LogP contribution is -2.35. The number of rotatable bonds is 9. The summed E-state index contributed by atoms with van der Waals surface area (Å²) in [5.41, 5.74) is 1.50. The van der Waals surface area contributed by atoms with Crippen LogP contribution < -0.4 is 14.8 Å². The molecule has 0 heterocycles. The van der Waals surface area contributed by atoms with Crippen molar-refractivity contribution in [3.05, 3.63) is 58.4 Å². The quantitative estimate of drug-likeness (QED) is 0.601. The Morgan fingerprint density at radius 3 is 2.61 bits per heavy atom. The Bertz CT molecular complexity index is 951. The second kappa shape index (κ2) is 9.86. The number of carbonyl (C=O) groups excluding carboxylic acids is 1. The summed E-state index contributed by atoms with van der Waals surface area (Å²) in [4.78, 5) is 12.0. The van der Waals surface area contributed by atoms with Gasteiger partial charge in [-0.05, 0) is 49.2 Å². The highest BCUT2D eigenvalue weighted by Gasteiger charge is 2.16. The summed E-state index contributed by atoms with van der Waals surface area (Å²) < 4.78 is 45.5. The number of carbonyl (C=O) groups is 1. The smallest absolute Gasteiger partial charge is 0.240 e. The van der Waals surface area contributed by atoms with Gasteiger partial charge in [-0.2, -0.15) is 0 Å². The molecule has 0 aromatic heterocycles. The van der Waals surface area contributed by atoms with Gasteiger partial charge in [0, 0.05) is 13.1 Å². The fourth-order valence-electron chi connectivity index (χ4n) is 2.40. The molecule has 2 rings (SSSR count). The van der Waals surface area contributed by atoms with E-state index in [-0.39, 0.29) is 47.7 Å². The molecular formula is C19H22ClFN2O4S. The van der Waals surface area contributed by atoms with Crippen LogP contribution in [0.4, 0.5) is 4.39 Å². The maximum absolute atomic E-state index is 13.0. The third kappa shape index (κ3) is 6.47. The molecule has 0 atom stereocenters. The fourth-order valence-corrected chi connectivity index (χ4v) is 3.98. The first kappa shape index (κ1) is 22.1. The summed E-state index contributed by atoms with van der Waals surface area (Å²) >= 11 is 5.83. The average molecular weight is 429 g/mol. The molecule has 0 aliphatic rings. The van der Waals surface area contributed by atoms with Crippen LogP contribution in [-0.2, 0) is 14.8 Å². The number of sulfonamides is 1. The molecule has 2 N–H and O–H groups in total. The van der Waals surface area contributed by atoms with Crippen molar-refractivity contribution in [2.24, 2.45) is 0 Å². The Hall–Kier alpha value is -2.16. The first-order valence-corrected chi connectivity index (χ1v) is 10.5. The van der Waals surface area contributed by atoms with Gasteiger partial charge in [-0.1, -0.05) is 23.7 Å². The topological polar surface area (TPSA) is 84.5 Å². The van der Waals surface area contributed by atoms with Gasteiger partial charge in [-0.15, -0.1) is 0 Å². The first-order valence-electron chi connectivity index (χ1n) is 8.60. The predicted molar refractivity (Wildman–Crippen MR) is 106 cm³/mol. The lowest BCUT2D eigenvalue weighted by molar-refractivity contribution is -0.121. The van der Waals surface area contributed by atoms with Gasteiger partial charge in [0.2, 0.25) is 15.9 Å². The van der Waals surface area contributed by atoms with Gasteiger partial charge >= 0.3 is 0 Å². The minimum atomic E-state index is -3.64. The summed E-state index contributed by atoms with van der Waals surface area (Å²) in [5, 5.41) is 2.73. The van der Waals surface area contributed by atoms with E-state index in [2.05, 4.69) is 10.0 Å². The number of halogens is 2. The molecule has 2 aromatic rings. The molecule has 0 saturated heterocycles. The van der Waals surface area contributed by atoms with Crippen LogP contribution in [0.5, 0.6) is 5.75 Å². The second-order valence-corrected chi connectivity index (χ2v) is 8.33. The number of aryl methyl sites for hydroxylation is 2. The van der Waals surface area contributed by atoms with E-state index in [1.807, 2.05) is 13.0 Å². The minimum Gasteiger partial charge on any atom is -0.491 e. The predicted octanol–water partition coefficient (Wildman–Crippen LogP) is 2.96. The third-order valence-corrected chi connectivity index (χ3v) is 5.75. The number of ether oxygens (including phenoxy) is 1. The summed E-state index contributed by atoms with van der Waals surface area (Å²) in [6, 6.07) is 8.92. The summed E-state index contributed by atoms with van der Waals surface area (Å²) in [5.74, 6) is -0.486. The number of benzene rings is 2. The van der Waals surface area contributed by atoms with Gasteiger partial charge in [-0.3, -0.25) is 4.79 Å². The first-order chi connectivity index (χ1) is 13.2. The van der Waals surface area contributed by atoms with Crippen molar-refractivity contribution in [3.8, 4) is 5.75 Å². The van der Waals surface area contributed by atoms with E-state index in [4.69, 9.17) is 16.3 Å². The largest absolute Gasteiger partial charge is 0.491 e. The molecule has 28 heavy (non-hydrogen) atoms. The molecule has 152 valence electrons. The average Bonchev–Trinajstić information content (AvgIpc) is 2.62. The van der Waals surface area contributed by atoms with Crippen molar-refractivity contribution in [1.82, 2.24) is 10.0 Å². The van der Waals surface area contributed by atoms with E-state index in [9.17, 15) is 17.6 Å². The number of amides is 1. The molecule has 0 unspecified atom stereocenters.